The lowest BCUT2D eigenvalue weighted by Crippen LogP contribution is -2.16. The van der Waals surface area contributed by atoms with Gasteiger partial charge in [-0.2, -0.15) is 15.0 Å². The van der Waals surface area contributed by atoms with E-state index in [9.17, 15) is 5.11 Å². The normalized spacial score (nSPS) is 21.3. The average Bonchev–Trinajstić information content (AvgIpc) is 2.89. The highest BCUT2D eigenvalue weighted by Gasteiger charge is 2.22. The Morgan fingerprint density at radius 1 is 1.14 bits per heavy atom. The first-order valence-corrected chi connectivity index (χ1v) is 7.76. The zero-order valence-electron chi connectivity index (χ0n) is 12.8. The molecular formula is C14H25N5O2. The number of nitrogens with one attached hydrogen (secondary N) is 2. The molecule has 2 rings (SSSR count). The molecule has 0 spiro atoms. The van der Waals surface area contributed by atoms with Gasteiger partial charge in [0.25, 0.3) is 0 Å². The minimum atomic E-state index is -0.157. The molecule has 1 saturated carbocycles. The number of anilines is 2. The first-order chi connectivity index (χ1) is 10.2. The van der Waals surface area contributed by atoms with E-state index in [1.165, 1.54) is 0 Å². The fraction of sp³-hybridized carbons (Fsp3) is 0.786. The van der Waals surface area contributed by atoms with Gasteiger partial charge in [0.05, 0.1) is 12.7 Å². The van der Waals surface area contributed by atoms with E-state index in [0.717, 1.165) is 38.8 Å². The summed E-state index contributed by atoms with van der Waals surface area (Å²) in [7, 11) is 0. The van der Waals surface area contributed by atoms with Crippen LogP contribution in [0.15, 0.2) is 0 Å². The quantitative estimate of drug-likeness (QED) is 0.671. The summed E-state index contributed by atoms with van der Waals surface area (Å²) in [6.45, 7) is 6.08. The summed E-state index contributed by atoms with van der Waals surface area (Å²) in [6.07, 6.45) is 3.61. The Morgan fingerprint density at radius 2 is 1.90 bits per heavy atom. The number of nitrogens with zero attached hydrogens (tertiary/aromatic N) is 3. The first-order valence-electron chi connectivity index (χ1n) is 7.76. The van der Waals surface area contributed by atoms with Crippen LogP contribution in [0.4, 0.5) is 11.9 Å². The largest absolute Gasteiger partial charge is 0.464 e. The smallest absolute Gasteiger partial charge is 0.323 e. The van der Waals surface area contributed by atoms with Gasteiger partial charge in [-0.15, -0.1) is 0 Å². The van der Waals surface area contributed by atoms with Gasteiger partial charge in [-0.3, -0.25) is 0 Å². The third-order valence-electron chi connectivity index (χ3n) is 3.48. The molecule has 7 nitrogen and oxygen atoms in total. The van der Waals surface area contributed by atoms with Gasteiger partial charge >= 0.3 is 6.01 Å². The van der Waals surface area contributed by atoms with Crippen molar-refractivity contribution in [1.29, 1.82) is 0 Å². The van der Waals surface area contributed by atoms with Crippen LogP contribution in [0.5, 0.6) is 6.01 Å². The summed E-state index contributed by atoms with van der Waals surface area (Å²) >= 11 is 0. The summed E-state index contributed by atoms with van der Waals surface area (Å²) in [5.41, 5.74) is 0. The lowest BCUT2D eigenvalue weighted by molar-refractivity contribution is 0.178. The van der Waals surface area contributed by atoms with E-state index in [2.05, 4.69) is 32.5 Å². The predicted molar refractivity (Wildman–Crippen MR) is 81.6 cm³/mol. The molecular weight excluding hydrogens is 270 g/mol. The molecule has 1 heterocycles. The fourth-order valence-corrected chi connectivity index (χ4v) is 2.41. The van der Waals surface area contributed by atoms with Crippen LogP contribution >= 0.6 is 0 Å². The van der Waals surface area contributed by atoms with Crippen LogP contribution in [0.25, 0.3) is 0 Å². The SMILES string of the molecule is CCCNc1nc(NCC2CCC(O)C2)nc(OCC)n1. The van der Waals surface area contributed by atoms with Crippen molar-refractivity contribution in [3.8, 4) is 6.01 Å². The summed E-state index contributed by atoms with van der Waals surface area (Å²) in [5, 5.41) is 15.9. The monoisotopic (exact) mass is 295 g/mol. The molecule has 1 fully saturated rings. The lowest BCUT2D eigenvalue weighted by atomic mass is 10.1. The summed E-state index contributed by atoms with van der Waals surface area (Å²) < 4.78 is 5.37. The Hall–Kier alpha value is -1.63. The number of aliphatic hydroxyl groups excluding tert-OH is 1. The van der Waals surface area contributed by atoms with Crippen molar-refractivity contribution < 1.29 is 9.84 Å². The summed E-state index contributed by atoms with van der Waals surface area (Å²) in [4.78, 5) is 12.8. The van der Waals surface area contributed by atoms with E-state index in [-0.39, 0.29) is 6.10 Å². The zero-order chi connectivity index (χ0) is 15.1. The number of aromatic nitrogens is 3. The zero-order valence-corrected chi connectivity index (χ0v) is 12.8. The lowest BCUT2D eigenvalue weighted by Gasteiger charge is -2.12. The fourth-order valence-electron chi connectivity index (χ4n) is 2.41. The Balaban J connectivity index is 1.97. The van der Waals surface area contributed by atoms with Crippen molar-refractivity contribution >= 4 is 11.9 Å². The van der Waals surface area contributed by atoms with Gasteiger partial charge in [0, 0.05) is 13.1 Å². The number of hydrogen-bond acceptors (Lipinski definition) is 7. The summed E-state index contributed by atoms with van der Waals surface area (Å²) in [6, 6.07) is 0.333. The molecule has 118 valence electrons. The molecule has 1 aliphatic rings. The molecule has 1 aliphatic carbocycles. The molecule has 2 atom stereocenters. The van der Waals surface area contributed by atoms with Crippen LogP contribution in [-0.2, 0) is 0 Å². The van der Waals surface area contributed by atoms with Gasteiger partial charge < -0.3 is 20.5 Å². The number of rotatable bonds is 8. The molecule has 0 saturated heterocycles. The van der Waals surface area contributed by atoms with E-state index in [4.69, 9.17) is 4.74 Å². The Bertz CT molecular complexity index is 443. The summed E-state index contributed by atoms with van der Waals surface area (Å²) in [5.74, 6) is 1.53. The molecule has 0 amide bonds. The van der Waals surface area contributed by atoms with Gasteiger partial charge in [-0.1, -0.05) is 6.92 Å². The van der Waals surface area contributed by atoms with E-state index in [1.807, 2.05) is 6.92 Å². The van der Waals surface area contributed by atoms with Crippen LogP contribution in [-0.4, -0.2) is 45.9 Å². The van der Waals surface area contributed by atoms with Crippen LogP contribution in [0, 0.1) is 5.92 Å². The molecule has 1 aromatic rings. The number of ether oxygens (including phenoxy) is 1. The highest BCUT2D eigenvalue weighted by atomic mass is 16.5. The van der Waals surface area contributed by atoms with Crippen molar-refractivity contribution in [3.63, 3.8) is 0 Å². The molecule has 21 heavy (non-hydrogen) atoms. The molecule has 7 heteroatoms. The molecule has 0 radical (unpaired) electrons. The van der Waals surface area contributed by atoms with E-state index in [0.29, 0.717) is 30.4 Å². The molecule has 0 aliphatic heterocycles. The molecule has 0 aromatic carbocycles. The standard InChI is InChI=1S/C14H25N5O2/c1-3-7-15-12-17-13(19-14(18-12)21-4-2)16-9-10-5-6-11(20)8-10/h10-11,20H,3-9H2,1-2H3,(H2,15,16,17,18,19). The van der Waals surface area contributed by atoms with Crippen LogP contribution < -0.4 is 15.4 Å². The van der Waals surface area contributed by atoms with E-state index >= 15 is 0 Å². The molecule has 0 bridgehead atoms. The second-order valence-electron chi connectivity index (χ2n) is 5.34. The van der Waals surface area contributed by atoms with Crippen LogP contribution in [0.3, 0.4) is 0 Å². The minimum Gasteiger partial charge on any atom is -0.464 e. The maximum atomic E-state index is 9.55. The maximum Gasteiger partial charge on any atom is 0.323 e. The highest BCUT2D eigenvalue weighted by molar-refractivity contribution is 5.35. The van der Waals surface area contributed by atoms with E-state index < -0.39 is 0 Å². The van der Waals surface area contributed by atoms with E-state index in [1.54, 1.807) is 0 Å². The van der Waals surface area contributed by atoms with Crippen molar-refractivity contribution in [2.75, 3.05) is 30.3 Å². The number of aliphatic hydroxyl groups is 1. The van der Waals surface area contributed by atoms with Crippen molar-refractivity contribution in [3.05, 3.63) is 0 Å². The minimum absolute atomic E-state index is 0.157. The predicted octanol–water partition coefficient (Wildman–Crippen LogP) is 1.67. The Labute approximate surface area is 125 Å². The van der Waals surface area contributed by atoms with Gasteiger partial charge in [0.2, 0.25) is 11.9 Å². The third kappa shape index (κ3) is 5.00. The third-order valence-corrected chi connectivity index (χ3v) is 3.48. The van der Waals surface area contributed by atoms with Gasteiger partial charge in [0.1, 0.15) is 0 Å². The van der Waals surface area contributed by atoms with Crippen molar-refractivity contribution in [2.24, 2.45) is 5.92 Å². The van der Waals surface area contributed by atoms with Gasteiger partial charge in [0.15, 0.2) is 0 Å². The van der Waals surface area contributed by atoms with Crippen molar-refractivity contribution in [2.45, 2.75) is 45.6 Å². The topological polar surface area (TPSA) is 92.2 Å². The molecule has 2 unspecified atom stereocenters. The van der Waals surface area contributed by atoms with Crippen LogP contribution in [0.2, 0.25) is 0 Å². The average molecular weight is 295 g/mol. The second-order valence-corrected chi connectivity index (χ2v) is 5.34. The second kappa shape index (κ2) is 7.97. The number of hydrogen-bond donors (Lipinski definition) is 3. The van der Waals surface area contributed by atoms with Crippen molar-refractivity contribution in [1.82, 2.24) is 15.0 Å². The maximum absolute atomic E-state index is 9.55. The molecule has 3 N–H and O–H groups in total. The van der Waals surface area contributed by atoms with Gasteiger partial charge in [-0.25, -0.2) is 0 Å². The first kappa shape index (κ1) is 15.8. The van der Waals surface area contributed by atoms with Crippen LogP contribution in [0.1, 0.15) is 39.5 Å². The molecule has 1 aromatic heterocycles. The Morgan fingerprint density at radius 3 is 2.52 bits per heavy atom. The Kier molecular flexibility index (Phi) is 5.98. The highest BCUT2D eigenvalue weighted by Crippen LogP contribution is 2.25. The van der Waals surface area contributed by atoms with Gasteiger partial charge in [-0.05, 0) is 38.5 Å².